The quantitative estimate of drug-likeness (QED) is 0.860. The molecule has 0 unspecified atom stereocenters. The van der Waals surface area contributed by atoms with Crippen LogP contribution in [0.1, 0.15) is 12.8 Å². The second kappa shape index (κ2) is 4.37. The molecule has 3 heterocycles. The van der Waals surface area contributed by atoms with Gasteiger partial charge in [0.2, 0.25) is 0 Å². The van der Waals surface area contributed by atoms with E-state index in [-0.39, 0.29) is 0 Å². The van der Waals surface area contributed by atoms with Gasteiger partial charge in [0.1, 0.15) is 11.4 Å². The highest BCUT2D eigenvalue weighted by Gasteiger charge is 2.21. The number of aromatic nitrogens is 1. The Morgan fingerprint density at radius 2 is 2.18 bits per heavy atom. The molecule has 0 amide bonds. The summed E-state index contributed by atoms with van der Waals surface area (Å²) in [6.07, 6.45) is 5.56. The Morgan fingerprint density at radius 3 is 2.94 bits per heavy atom. The molecule has 0 bridgehead atoms. The number of pyridine rings is 1. The minimum Gasteiger partial charge on any atom is -0.464 e. The summed E-state index contributed by atoms with van der Waals surface area (Å²) >= 11 is 0. The van der Waals surface area contributed by atoms with Crippen LogP contribution in [-0.2, 0) is 0 Å². The van der Waals surface area contributed by atoms with Crippen molar-refractivity contribution in [1.82, 2.24) is 4.98 Å². The van der Waals surface area contributed by atoms with Gasteiger partial charge >= 0.3 is 0 Å². The van der Waals surface area contributed by atoms with E-state index in [0.717, 1.165) is 42.7 Å². The SMILES string of the molecule is OCC1CCN(c2nccc3occc23)CC1. The van der Waals surface area contributed by atoms with Gasteiger partial charge in [-0.25, -0.2) is 4.98 Å². The summed E-state index contributed by atoms with van der Waals surface area (Å²) in [7, 11) is 0. The number of fused-ring (bicyclic) bond motifs is 1. The molecule has 0 aliphatic carbocycles. The van der Waals surface area contributed by atoms with Crippen molar-refractivity contribution in [3.8, 4) is 0 Å². The van der Waals surface area contributed by atoms with Crippen molar-refractivity contribution in [2.24, 2.45) is 5.92 Å². The van der Waals surface area contributed by atoms with Crippen LogP contribution in [-0.4, -0.2) is 29.8 Å². The molecule has 90 valence electrons. The van der Waals surface area contributed by atoms with Crippen molar-refractivity contribution < 1.29 is 9.52 Å². The molecule has 2 aromatic heterocycles. The fourth-order valence-electron chi connectivity index (χ4n) is 2.46. The van der Waals surface area contributed by atoms with Crippen LogP contribution in [0.4, 0.5) is 5.82 Å². The second-order valence-corrected chi connectivity index (χ2v) is 4.58. The van der Waals surface area contributed by atoms with Crippen molar-refractivity contribution >= 4 is 16.8 Å². The highest BCUT2D eigenvalue weighted by molar-refractivity contribution is 5.88. The molecule has 1 aliphatic rings. The van der Waals surface area contributed by atoms with Crippen molar-refractivity contribution in [3.05, 3.63) is 24.6 Å². The lowest BCUT2D eigenvalue weighted by Crippen LogP contribution is -2.35. The Kier molecular flexibility index (Phi) is 2.73. The van der Waals surface area contributed by atoms with Gasteiger partial charge in [0, 0.05) is 25.9 Å². The van der Waals surface area contributed by atoms with Crippen LogP contribution >= 0.6 is 0 Å². The third kappa shape index (κ3) is 1.89. The molecule has 1 aliphatic heterocycles. The minimum absolute atomic E-state index is 0.303. The van der Waals surface area contributed by atoms with Gasteiger partial charge in [-0.15, -0.1) is 0 Å². The number of piperidine rings is 1. The van der Waals surface area contributed by atoms with Gasteiger partial charge in [-0.2, -0.15) is 0 Å². The lowest BCUT2D eigenvalue weighted by atomic mass is 9.98. The average Bonchev–Trinajstić information content (AvgIpc) is 2.87. The summed E-state index contributed by atoms with van der Waals surface area (Å²) in [5, 5.41) is 10.2. The van der Waals surface area contributed by atoms with E-state index in [0.29, 0.717) is 12.5 Å². The maximum absolute atomic E-state index is 9.14. The van der Waals surface area contributed by atoms with Gasteiger partial charge in [0.25, 0.3) is 0 Å². The van der Waals surface area contributed by atoms with E-state index in [4.69, 9.17) is 9.52 Å². The van der Waals surface area contributed by atoms with Crippen LogP contribution in [0.25, 0.3) is 11.0 Å². The summed E-state index contributed by atoms with van der Waals surface area (Å²) in [6.45, 7) is 2.22. The number of rotatable bonds is 2. The number of hydrogen-bond donors (Lipinski definition) is 1. The van der Waals surface area contributed by atoms with Gasteiger partial charge in [-0.05, 0) is 30.9 Å². The normalized spacial score (nSPS) is 17.8. The van der Waals surface area contributed by atoms with Gasteiger partial charge in [0.15, 0.2) is 0 Å². The second-order valence-electron chi connectivity index (χ2n) is 4.58. The lowest BCUT2D eigenvalue weighted by molar-refractivity contribution is 0.203. The smallest absolute Gasteiger partial charge is 0.139 e. The highest BCUT2D eigenvalue weighted by atomic mass is 16.3. The molecule has 3 rings (SSSR count). The molecule has 0 aromatic carbocycles. The van der Waals surface area contributed by atoms with Crippen LogP contribution in [0, 0.1) is 5.92 Å². The first-order valence-electron chi connectivity index (χ1n) is 6.06. The van der Waals surface area contributed by atoms with Crippen LogP contribution in [0.5, 0.6) is 0 Å². The summed E-state index contributed by atoms with van der Waals surface area (Å²) in [6, 6.07) is 3.86. The fourth-order valence-corrected chi connectivity index (χ4v) is 2.46. The number of aliphatic hydroxyl groups excluding tert-OH is 1. The summed E-state index contributed by atoms with van der Waals surface area (Å²) in [5.74, 6) is 1.46. The predicted octanol–water partition coefficient (Wildman–Crippen LogP) is 2.04. The zero-order valence-electron chi connectivity index (χ0n) is 9.67. The molecule has 4 nitrogen and oxygen atoms in total. The number of aliphatic hydroxyl groups is 1. The van der Waals surface area contributed by atoms with E-state index in [1.807, 2.05) is 12.1 Å². The number of anilines is 1. The largest absolute Gasteiger partial charge is 0.464 e. The summed E-state index contributed by atoms with van der Waals surface area (Å²) in [4.78, 5) is 6.74. The van der Waals surface area contributed by atoms with Crippen LogP contribution in [0.3, 0.4) is 0 Å². The molecule has 0 atom stereocenters. The molecule has 4 heteroatoms. The molecule has 0 spiro atoms. The maximum Gasteiger partial charge on any atom is 0.139 e. The van der Waals surface area contributed by atoms with Crippen molar-refractivity contribution in [3.63, 3.8) is 0 Å². The number of nitrogens with zero attached hydrogens (tertiary/aromatic N) is 2. The Morgan fingerprint density at radius 1 is 1.35 bits per heavy atom. The molecule has 0 radical (unpaired) electrons. The van der Waals surface area contributed by atoms with Crippen molar-refractivity contribution in [2.45, 2.75) is 12.8 Å². The Labute approximate surface area is 99.9 Å². The molecule has 2 aromatic rings. The van der Waals surface area contributed by atoms with Gasteiger partial charge in [0.05, 0.1) is 11.6 Å². The first kappa shape index (κ1) is 10.6. The van der Waals surface area contributed by atoms with Crippen LogP contribution in [0.15, 0.2) is 29.0 Å². The summed E-state index contributed by atoms with van der Waals surface area (Å²) in [5.41, 5.74) is 0.888. The van der Waals surface area contributed by atoms with E-state index in [9.17, 15) is 0 Å². The fraction of sp³-hybridized carbons (Fsp3) is 0.462. The van der Waals surface area contributed by atoms with Crippen LogP contribution in [0.2, 0.25) is 0 Å². The first-order valence-corrected chi connectivity index (χ1v) is 6.06. The van der Waals surface area contributed by atoms with Crippen molar-refractivity contribution in [1.29, 1.82) is 0 Å². The van der Waals surface area contributed by atoms with E-state index >= 15 is 0 Å². The molecule has 0 saturated carbocycles. The van der Waals surface area contributed by atoms with Gasteiger partial charge in [-0.3, -0.25) is 0 Å². The Hall–Kier alpha value is -1.55. The predicted molar refractivity (Wildman–Crippen MR) is 66.0 cm³/mol. The summed E-state index contributed by atoms with van der Waals surface area (Å²) < 4.78 is 5.38. The molecular weight excluding hydrogens is 216 g/mol. The van der Waals surface area contributed by atoms with E-state index in [1.54, 1.807) is 12.5 Å². The standard InChI is InChI=1S/C13H16N2O2/c16-9-10-2-6-15(7-3-10)13-11-4-8-17-12(11)1-5-14-13/h1,4-5,8,10,16H,2-3,6-7,9H2. The molecule has 1 saturated heterocycles. The average molecular weight is 232 g/mol. The third-order valence-corrected chi connectivity index (χ3v) is 3.53. The minimum atomic E-state index is 0.303. The van der Waals surface area contributed by atoms with E-state index < -0.39 is 0 Å². The topological polar surface area (TPSA) is 49.5 Å². The molecule has 1 N–H and O–H groups in total. The van der Waals surface area contributed by atoms with E-state index in [2.05, 4.69) is 9.88 Å². The Balaban J connectivity index is 1.87. The lowest BCUT2D eigenvalue weighted by Gasteiger charge is -2.32. The van der Waals surface area contributed by atoms with Crippen LogP contribution < -0.4 is 4.90 Å². The first-order chi connectivity index (χ1) is 8.38. The molecule has 17 heavy (non-hydrogen) atoms. The Bertz CT molecular complexity index is 501. The molecular formula is C13H16N2O2. The highest BCUT2D eigenvalue weighted by Crippen LogP contribution is 2.28. The zero-order chi connectivity index (χ0) is 11.7. The number of furan rings is 1. The molecule has 1 fully saturated rings. The van der Waals surface area contributed by atoms with Gasteiger partial charge in [-0.1, -0.05) is 0 Å². The monoisotopic (exact) mass is 232 g/mol. The van der Waals surface area contributed by atoms with Crippen molar-refractivity contribution in [2.75, 3.05) is 24.6 Å². The maximum atomic E-state index is 9.14. The zero-order valence-corrected chi connectivity index (χ0v) is 9.67. The third-order valence-electron chi connectivity index (χ3n) is 3.53. The number of hydrogen-bond acceptors (Lipinski definition) is 4. The van der Waals surface area contributed by atoms with E-state index in [1.165, 1.54) is 0 Å². The van der Waals surface area contributed by atoms with Gasteiger partial charge < -0.3 is 14.4 Å².